The second-order valence-corrected chi connectivity index (χ2v) is 7.75. The lowest BCUT2D eigenvalue weighted by Crippen LogP contribution is -2.13. The largest absolute Gasteiger partial charge is 0.279 e. The van der Waals surface area contributed by atoms with Crippen molar-refractivity contribution in [2.45, 2.75) is 9.79 Å². The first-order valence-electron chi connectivity index (χ1n) is 7.41. The summed E-state index contributed by atoms with van der Waals surface area (Å²) in [4.78, 5) is 1.42. The van der Waals surface area contributed by atoms with Crippen LogP contribution < -0.4 is 4.72 Å². The molecule has 0 radical (unpaired) electrons. The van der Waals surface area contributed by atoms with E-state index in [1.165, 1.54) is 4.90 Å². The zero-order valence-electron chi connectivity index (χ0n) is 13.1. The van der Waals surface area contributed by atoms with Gasteiger partial charge in [0.1, 0.15) is 0 Å². The summed E-state index contributed by atoms with van der Waals surface area (Å²) in [6.45, 7) is 0. The van der Waals surface area contributed by atoms with Crippen molar-refractivity contribution in [2.75, 3.05) is 11.0 Å². The smallest absolute Gasteiger partial charge is 0.261 e. The number of benzene rings is 3. The first kappa shape index (κ1) is 16.6. The number of nitrogens with one attached hydrogen (secondary N) is 1. The van der Waals surface area contributed by atoms with Gasteiger partial charge in [-0.2, -0.15) is 0 Å². The van der Waals surface area contributed by atoms with Gasteiger partial charge in [-0.3, -0.25) is 4.72 Å². The van der Waals surface area contributed by atoms with Crippen molar-refractivity contribution in [1.29, 1.82) is 0 Å². The lowest BCUT2D eigenvalue weighted by Gasteiger charge is -2.13. The minimum absolute atomic E-state index is 0.248. The molecule has 122 valence electrons. The van der Waals surface area contributed by atoms with Gasteiger partial charge in [-0.25, -0.2) is 8.42 Å². The molecule has 3 aromatic rings. The highest BCUT2D eigenvalue weighted by molar-refractivity contribution is 7.98. The van der Waals surface area contributed by atoms with Crippen LogP contribution in [0.15, 0.2) is 88.7 Å². The Hall–Kier alpha value is -2.24. The van der Waals surface area contributed by atoms with Gasteiger partial charge in [-0.15, -0.1) is 11.8 Å². The van der Waals surface area contributed by atoms with Gasteiger partial charge >= 0.3 is 0 Å². The standard InChI is InChI=1S/C19H17NO2S2/c1-23-16-13-11-15(12-14-16)18-9-5-6-10-19(18)20-24(21,22)17-7-3-2-4-8-17/h2-14,20H,1H3. The maximum Gasteiger partial charge on any atom is 0.261 e. The molecule has 0 atom stereocenters. The van der Waals surface area contributed by atoms with Crippen molar-refractivity contribution in [3.63, 3.8) is 0 Å². The van der Waals surface area contributed by atoms with Crippen molar-refractivity contribution in [3.8, 4) is 11.1 Å². The van der Waals surface area contributed by atoms with E-state index in [9.17, 15) is 8.42 Å². The Labute approximate surface area is 146 Å². The van der Waals surface area contributed by atoms with E-state index in [2.05, 4.69) is 4.72 Å². The highest BCUT2D eigenvalue weighted by Gasteiger charge is 2.15. The molecule has 0 bridgehead atoms. The number of hydrogen-bond acceptors (Lipinski definition) is 3. The molecule has 5 heteroatoms. The molecule has 3 nitrogen and oxygen atoms in total. The van der Waals surface area contributed by atoms with E-state index in [-0.39, 0.29) is 4.90 Å². The van der Waals surface area contributed by atoms with Crippen LogP contribution in [0.5, 0.6) is 0 Å². The van der Waals surface area contributed by atoms with E-state index < -0.39 is 10.0 Å². The number of anilines is 1. The van der Waals surface area contributed by atoms with Crippen LogP contribution in [0.2, 0.25) is 0 Å². The molecular formula is C19H17NO2S2. The normalized spacial score (nSPS) is 11.2. The lowest BCUT2D eigenvalue weighted by atomic mass is 10.0. The quantitative estimate of drug-likeness (QED) is 0.664. The Morgan fingerprint density at radius 3 is 2.08 bits per heavy atom. The summed E-state index contributed by atoms with van der Waals surface area (Å²) in [5, 5.41) is 0. The van der Waals surface area contributed by atoms with Gasteiger partial charge in [0.2, 0.25) is 0 Å². The highest BCUT2D eigenvalue weighted by Crippen LogP contribution is 2.30. The van der Waals surface area contributed by atoms with Crippen LogP contribution in [0, 0.1) is 0 Å². The van der Waals surface area contributed by atoms with Crippen molar-refractivity contribution in [3.05, 3.63) is 78.9 Å². The van der Waals surface area contributed by atoms with E-state index in [4.69, 9.17) is 0 Å². The third kappa shape index (κ3) is 3.63. The van der Waals surface area contributed by atoms with Crippen LogP contribution >= 0.6 is 11.8 Å². The molecule has 3 aromatic carbocycles. The number of para-hydroxylation sites is 1. The van der Waals surface area contributed by atoms with Crippen molar-refractivity contribution < 1.29 is 8.42 Å². The van der Waals surface area contributed by atoms with Crippen LogP contribution in [-0.2, 0) is 10.0 Å². The third-order valence-corrected chi connectivity index (χ3v) is 5.75. The molecule has 0 heterocycles. The van der Waals surface area contributed by atoms with Crippen LogP contribution in [0.4, 0.5) is 5.69 Å². The number of thioether (sulfide) groups is 1. The molecule has 0 unspecified atom stereocenters. The number of rotatable bonds is 5. The van der Waals surface area contributed by atoms with E-state index in [1.807, 2.05) is 48.7 Å². The Morgan fingerprint density at radius 1 is 0.792 bits per heavy atom. The predicted molar refractivity (Wildman–Crippen MR) is 101 cm³/mol. The van der Waals surface area contributed by atoms with Gasteiger partial charge in [0.25, 0.3) is 10.0 Å². The molecule has 24 heavy (non-hydrogen) atoms. The first-order valence-corrected chi connectivity index (χ1v) is 10.1. The molecule has 3 rings (SSSR count). The first-order chi connectivity index (χ1) is 11.6. The summed E-state index contributed by atoms with van der Waals surface area (Å²) >= 11 is 1.67. The molecule has 0 saturated carbocycles. The molecule has 0 aliphatic heterocycles. The Balaban J connectivity index is 1.98. The van der Waals surface area contributed by atoms with Gasteiger partial charge in [-0.05, 0) is 42.2 Å². The molecule has 0 saturated heterocycles. The molecule has 0 fully saturated rings. The number of hydrogen-bond donors (Lipinski definition) is 1. The van der Waals surface area contributed by atoms with Crippen LogP contribution in [-0.4, -0.2) is 14.7 Å². The fraction of sp³-hybridized carbons (Fsp3) is 0.0526. The summed E-state index contributed by atoms with van der Waals surface area (Å²) in [6, 6.07) is 23.9. The van der Waals surface area contributed by atoms with Crippen molar-refractivity contribution >= 4 is 27.5 Å². The van der Waals surface area contributed by atoms with E-state index in [0.717, 1.165) is 11.1 Å². The molecule has 0 aliphatic rings. The van der Waals surface area contributed by atoms with E-state index >= 15 is 0 Å². The molecule has 0 aromatic heterocycles. The maximum atomic E-state index is 12.6. The van der Waals surface area contributed by atoms with Gasteiger partial charge < -0.3 is 0 Å². The highest BCUT2D eigenvalue weighted by atomic mass is 32.2. The van der Waals surface area contributed by atoms with Gasteiger partial charge in [0.15, 0.2) is 0 Å². The van der Waals surface area contributed by atoms with Crippen molar-refractivity contribution in [1.82, 2.24) is 0 Å². The van der Waals surface area contributed by atoms with Crippen molar-refractivity contribution in [2.24, 2.45) is 0 Å². The SMILES string of the molecule is CSc1ccc(-c2ccccc2NS(=O)(=O)c2ccccc2)cc1. The summed E-state index contributed by atoms with van der Waals surface area (Å²) in [6.07, 6.45) is 2.02. The third-order valence-electron chi connectivity index (χ3n) is 3.63. The molecule has 1 N–H and O–H groups in total. The second kappa shape index (κ2) is 7.11. The summed E-state index contributed by atoms with van der Waals surface area (Å²) < 4.78 is 27.8. The predicted octanol–water partition coefficient (Wildman–Crippen LogP) is 4.88. The van der Waals surface area contributed by atoms with Gasteiger partial charge in [0, 0.05) is 10.5 Å². The zero-order valence-corrected chi connectivity index (χ0v) is 14.8. The Morgan fingerprint density at radius 2 is 1.42 bits per heavy atom. The molecule has 0 amide bonds. The zero-order chi connectivity index (χ0) is 17.0. The fourth-order valence-corrected chi connectivity index (χ4v) is 3.91. The lowest BCUT2D eigenvalue weighted by molar-refractivity contribution is 0.601. The number of sulfonamides is 1. The maximum absolute atomic E-state index is 12.6. The van der Waals surface area contributed by atoms with Crippen LogP contribution in [0.1, 0.15) is 0 Å². The van der Waals surface area contributed by atoms with Gasteiger partial charge in [-0.1, -0.05) is 48.5 Å². The molecule has 0 aliphatic carbocycles. The monoisotopic (exact) mass is 355 g/mol. The average molecular weight is 355 g/mol. The minimum atomic E-state index is -3.61. The minimum Gasteiger partial charge on any atom is -0.279 e. The fourth-order valence-electron chi connectivity index (χ4n) is 2.40. The second-order valence-electron chi connectivity index (χ2n) is 5.19. The topological polar surface area (TPSA) is 46.2 Å². The van der Waals surface area contributed by atoms with E-state index in [0.29, 0.717) is 5.69 Å². The summed E-state index contributed by atoms with van der Waals surface area (Å²) in [7, 11) is -3.61. The Bertz CT molecular complexity index is 921. The van der Waals surface area contributed by atoms with Gasteiger partial charge in [0.05, 0.1) is 10.6 Å². The van der Waals surface area contributed by atoms with Crippen LogP contribution in [0.3, 0.4) is 0 Å². The summed E-state index contributed by atoms with van der Waals surface area (Å²) in [5.41, 5.74) is 2.39. The van der Waals surface area contributed by atoms with E-state index in [1.54, 1.807) is 48.2 Å². The molecule has 0 spiro atoms. The summed E-state index contributed by atoms with van der Waals surface area (Å²) in [5.74, 6) is 0. The average Bonchev–Trinajstić information content (AvgIpc) is 2.63. The molecular weight excluding hydrogens is 338 g/mol. The Kier molecular flexibility index (Phi) is 4.92. The van der Waals surface area contributed by atoms with Crippen LogP contribution in [0.25, 0.3) is 11.1 Å².